The van der Waals surface area contributed by atoms with Gasteiger partial charge in [-0.1, -0.05) is 6.92 Å². The Morgan fingerprint density at radius 2 is 2.00 bits per heavy atom. The van der Waals surface area contributed by atoms with Gasteiger partial charge in [0.25, 0.3) is 0 Å². The molecule has 1 heterocycles. The molecule has 1 fully saturated rings. The highest BCUT2D eigenvalue weighted by molar-refractivity contribution is 5.74. The van der Waals surface area contributed by atoms with Gasteiger partial charge in [0.1, 0.15) is 0 Å². The maximum atomic E-state index is 12.1. The van der Waals surface area contributed by atoms with Gasteiger partial charge in [-0.3, -0.25) is 4.90 Å². The Bertz CT molecular complexity index is 350. The molecule has 21 heavy (non-hydrogen) atoms. The van der Waals surface area contributed by atoms with Crippen molar-refractivity contribution < 1.29 is 9.90 Å². The molecule has 2 N–H and O–H groups in total. The van der Waals surface area contributed by atoms with Crippen molar-refractivity contribution >= 4 is 6.03 Å². The molecule has 5 heteroatoms. The molecule has 1 saturated heterocycles. The van der Waals surface area contributed by atoms with Gasteiger partial charge in [0.2, 0.25) is 0 Å². The lowest BCUT2D eigenvalue weighted by atomic mass is 9.93. The molecule has 1 aliphatic heterocycles. The normalized spacial score (nSPS) is 21.2. The van der Waals surface area contributed by atoms with Crippen LogP contribution in [0.5, 0.6) is 0 Å². The number of piperidine rings is 1. The Labute approximate surface area is 129 Å². The van der Waals surface area contributed by atoms with Crippen molar-refractivity contribution in [2.45, 2.75) is 58.6 Å². The number of hydrogen-bond acceptors (Lipinski definition) is 3. The van der Waals surface area contributed by atoms with Gasteiger partial charge >= 0.3 is 6.03 Å². The molecule has 124 valence electrons. The monoisotopic (exact) mass is 299 g/mol. The molecular formula is C16H33N3O2. The van der Waals surface area contributed by atoms with E-state index in [9.17, 15) is 9.90 Å². The Hall–Kier alpha value is -0.810. The van der Waals surface area contributed by atoms with Gasteiger partial charge in [-0.2, -0.15) is 0 Å². The van der Waals surface area contributed by atoms with E-state index in [1.54, 1.807) is 20.9 Å². The topological polar surface area (TPSA) is 55.8 Å². The van der Waals surface area contributed by atoms with Crippen LogP contribution in [0.25, 0.3) is 0 Å². The summed E-state index contributed by atoms with van der Waals surface area (Å²) >= 11 is 0. The Balaban J connectivity index is 2.46. The van der Waals surface area contributed by atoms with Gasteiger partial charge in [0.15, 0.2) is 0 Å². The molecule has 2 amide bonds. The summed E-state index contributed by atoms with van der Waals surface area (Å²) < 4.78 is 0. The molecule has 0 aliphatic carbocycles. The van der Waals surface area contributed by atoms with Gasteiger partial charge in [-0.25, -0.2) is 4.79 Å². The molecule has 0 aromatic carbocycles. The van der Waals surface area contributed by atoms with Crippen LogP contribution in [0.15, 0.2) is 0 Å². The van der Waals surface area contributed by atoms with E-state index in [0.29, 0.717) is 13.1 Å². The number of carbonyl (C=O) groups excluding carboxylic acids is 1. The summed E-state index contributed by atoms with van der Waals surface area (Å²) in [5.74, 6) is 0.728. The van der Waals surface area contributed by atoms with Crippen LogP contribution >= 0.6 is 0 Å². The van der Waals surface area contributed by atoms with Crippen LogP contribution in [0.1, 0.15) is 47.5 Å². The highest BCUT2D eigenvalue weighted by Crippen LogP contribution is 2.23. The predicted octanol–water partition coefficient (Wildman–Crippen LogP) is 1.91. The van der Waals surface area contributed by atoms with Crippen LogP contribution in [0, 0.1) is 5.92 Å². The molecule has 0 aromatic heterocycles. The molecule has 0 spiro atoms. The first-order valence-corrected chi connectivity index (χ1v) is 7.98. The van der Waals surface area contributed by atoms with Crippen molar-refractivity contribution in [1.82, 2.24) is 15.1 Å². The van der Waals surface area contributed by atoms with Crippen molar-refractivity contribution in [2.75, 3.05) is 33.2 Å². The lowest BCUT2D eigenvalue weighted by Crippen LogP contribution is -2.56. The molecular weight excluding hydrogens is 266 g/mol. The smallest absolute Gasteiger partial charge is 0.317 e. The summed E-state index contributed by atoms with van der Waals surface area (Å²) in [5.41, 5.74) is -0.913. The lowest BCUT2D eigenvalue weighted by molar-refractivity contribution is 0.0501. The first-order valence-electron chi connectivity index (χ1n) is 7.98. The molecule has 0 radical (unpaired) electrons. The third-order valence-electron chi connectivity index (χ3n) is 4.16. The molecule has 5 nitrogen and oxygen atoms in total. The van der Waals surface area contributed by atoms with E-state index in [1.165, 1.54) is 17.7 Å². The molecule has 1 unspecified atom stereocenters. The zero-order valence-electron chi connectivity index (χ0n) is 14.6. The van der Waals surface area contributed by atoms with Gasteiger partial charge in [0.05, 0.1) is 12.1 Å². The molecule has 1 rings (SSSR count). The Morgan fingerprint density at radius 1 is 1.38 bits per heavy atom. The van der Waals surface area contributed by atoms with Gasteiger partial charge in [-0.05, 0) is 53.0 Å². The first-order chi connectivity index (χ1) is 9.51. The van der Waals surface area contributed by atoms with Crippen molar-refractivity contribution in [3.05, 3.63) is 0 Å². The number of nitrogens with one attached hydrogen (secondary N) is 1. The first kappa shape index (κ1) is 18.2. The van der Waals surface area contributed by atoms with Crippen molar-refractivity contribution in [3.63, 3.8) is 0 Å². The molecule has 0 saturated carbocycles. The van der Waals surface area contributed by atoms with E-state index in [-0.39, 0.29) is 11.6 Å². The maximum Gasteiger partial charge on any atom is 0.317 e. The van der Waals surface area contributed by atoms with Crippen LogP contribution in [0.3, 0.4) is 0 Å². The second kappa shape index (κ2) is 6.97. The summed E-state index contributed by atoms with van der Waals surface area (Å²) in [6.45, 7) is 13.2. The van der Waals surface area contributed by atoms with Crippen LogP contribution in [0.4, 0.5) is 4.79 Å². The SMILES string of the molecule is CC1CCCN(C(C)(C)CNC(=O)N(C)CC(C)(C)O)C1. The summed E-state index contributed by atoms with van der Waals surface area (Å²) in [5, 5.41) is 12.8. The number of carbonyl (C=O) groups is 1. The third kappa shape index (κ3) is 6.22. The molecule has 1 atom stereocenters. The molecule has 1 aliphatic rings. The fourth-order valence-electron chi connectivity index (χ4n) is 2.93. The van der Waals surface area contributed by atoms with Gasteiger partial charge < -0.3 is 15.3 Å². The van der Waals surface area contributed by atoms with Crippen molar-refractivity contribution in [2.24, 2.45) is 5.92 Å². The van der Waals surface area contributed by atoms with Gasteiger partial charge in [-0.15, -0.1) is 0 Å². The highest BCUT2D eigenvalue weighted by Gasteiger charge is 2.31. The number of likely N-dealkylation sites (N-methyl/N-ethyl adjacent to an activating group) is 1. The maximum absolute atomic E-state index is 12.1. The quantitative estimate of drug-likeness (QED) is 0.815. The number of likely N-dealkylation sites (tertiary alicyclic amines) is 1. The number of nitrogens with zero attached hydrogens (tertiary/aromatic N) is 2. The third-order valence-corrected chi connectivity index (χ3v) is 4.16. The Morgan fingerprint density at radius 3 is 2.52 bits per heavy atom. The average molecular weight is 299 g/mol. The largest absolute Gasteiger partial charge is 0.389 e. The zero-order valence-corrected chi connectivity index (χ0v) is 14.6. The van der Waals surface area contributed by atoms with E-state index in [0.717, 1.165) is 19.0 Å². The number of urea groups is 1. The minimum Gasteiger partial charge on any atom is -0.389 e. The number of aliphatic hydroxyl groups is 1. The van der Waals surface area contributed by atoms with Gasteiger partial charge in [0, 0.05) is 25.7 Å². The average Bonchev–Trinajstić information content (AvgIpc) is 2.34. The second-order valence-corrected chi connectivity index (χ2v) is 7.83. The van der Waals surface area contributed by atoms with Crippen LogP contribution in [-0.4, -0.2) is 65.3 Å². The standard InChI is InChI=1S/C16H33N3O2/c1-13-8-7-9-19(10-13)15(2,3)11-17-14(20)18(6)12-16(4,5)21/h13,21H,7-12H2,1-6H3,(H,17,20). The minimum absolute atomic E-state index is 0.0418. The number of amides is 2. The highest BCUT2D eigenvalue weighted by atomic mass is 16.3. The van der Waals surface area contributed by atoms with E-state index in [4.69, 9.17) is 0 Å². The van der Waals surface area contributed by atoms with Crippen LogP contribution in [-0.2, 0) is 0 Å². The minimum atomic E-state index is -0.871. The summed E-state index contributed by atoms with van der Waals surface area (Å²) in [6, 6.07) is -0.129. The lowest BCUT2D eigenvalue weighted by Gasteiger charge is -2.43. The fourth-order valence-corrected chi connectivity index (χ4v) is 2.93. The van der Waals surface area contributed by atoms with E-state index < -0.39 is 5.60 Å². The molecule has 0 aromatic rings. The van der Waals surface area contributed by atoms with E-state index >= 15 is 0 Å². The van der Waals surface area contributed by atoms with E-state index in [1.807, 2.05) is 0 Å². The summed E-state index contributed by atoms with van der Waals surface area (Å²) in [7, 11) is 1.71. The van der Waals surface area contributed by atoms with Crippen LogP contribution < -0.4 is 5.32 Å². The van der Waals surface area contributed by atoms with E-state index in [2.05, 4.69) is 31.0 Å². The predicted molar refractivity (Wildman–Crippen MR) is 86.4 cm³/mol. The summed E-state index contributed by atoms with van der Waals surface area (Å²) in [4.78, 5) is 16.1. The van der Waals surface area contributed by atoms with Crippen molar-refractivity contribution in [3.8, 4) is 0 Å². The fraction of sp³-hybridized carbons (Fsp3) is 0.938. The zero-order chi connectivity index (χ0) is 16.3. The number of rotatable bonds is 5. The Kier molecular flexibility index (Phi) is 6.05. The molecule has 0 bridgehead atoms. The number of hydrogen-bond donors (Lipinski definition) is 2. The summed E-state index contributed by atoms with van der Waals surface area (Å²) in [6.07, 6.45) is 2.53. The second-order valence-electron chi connectivity index (χ2n) is 7.83. The van der Waals surface area contributed by atoms with Crippen molar-refractivity contribution in [1.29, 1.82) is 0 Å². The van der Waals surface area contributed by atoms with Crippen LogP contribution in [0.2, 0.25) is 0 Å².